The molecule has 0 aliphatic carbocycles. The summed E-state index contributed by atoms with van der Waals surface area (Å²) in [6, 6.07) is 1.39. The molecule has 2 heterocycles. The Bertz CT molecular complexity index is 669. The van der Waals surface area contributed by atoms with Crippen LogP contribution in [0.3, 0.4) is 0 Å². The van der Waals surface area contributed by atoms with Crippen LogP contribution in [0.25, 0.3) is 0 Å². The lowest BCUT2D eigenvalue weighted by molar-refractivity contribution is -0.00935. The molecule has 0 saturated carbocycles. The Kier molecular flexibility index (Phi) is 5.32. The van der Waals surface area contributed by atoms with Gasteiger partial charge in [0.05, 0.1) is 6.61 Å². The first-order valence-electron chi connectivity index (χ1n) is 7.33. The fourth-order valence-electron chi connectivity index (χ4n) is 2.47. The van der Waals surface area contributed by atoms with E-state index in [0.717, 1.165) is 0 Å². The van der Waals surface area contributed by atoms with Crippen LogP contribution in [0, 0.1) is 6.92 Å². The Morgan fingerprint density at radius 2 is 2.14 bits per heavy atom. The standard InChI is InChI=1S/C13H22N4O4S/c1-4-16(5-2)22(19,20)17-6-7-21-11(9-17)13-14-10(3)8-12(18)15-13/h8,11H,4-7,9H2,1-3H3,(H,14,15,18)/t11-/m1/s1. The first kappa shape index (κ1) is 17.1. The Morgan fingerprint density at radius 3 is 2.73 bits per heavy atom. The molecule has 1 aromatic heterocycles. The fraction of sp³-hybridized carbons (Fsp3) is 0.692. The van der Waals surface area contributed by atoms with Gasteiger partial charge in [-0.25, -0.2) is 4.98 Å². The number of aryl methyl sites for hydroxylation is 1. The van der Waals surface area contributed by atoms with Gasteiger partial charge in [0, 0.05) is 37.9 Å². The van der Waals surface area contributed by atoms with E-state index in [1.54, 1.807) is 20.8 Å². The van der Waals surface area contributed by atoms with Crippen molar-refractivity contribution in [1.82, 2.24) is 18.6 Å². The van der Waals surface area contributed by atoms with Gasteiger partial charge in [0.2, 0.25) is 0 Å². The van der Waals surface area contributed by atoms with Crippen LogP contribution in [0.2, 0.25) is 0 Å². The van der Waals surface area contributed by atoms with E-state index >= 15 is 0 Å². The van der Waals surface area contributed by atoms with E-state index in [0.29, 0.717) is 31.2 Å². The van der Waals surface area contributed by atoms with Gasteiger partial charge in [-0.1, -0.05) is 13.8 Å². The molecular formula is C13H22N4O4S. The van der Waals surface area contributed by atoms with Gasteiger partial charge >= 0.3 is 0 Å². The summed E-state index contributed by atoms with van der Waals surface area (Å²) in [6.07, 6.45) is -0.563. The number of aromatic amines is 1. The van der Waals surface area contributed by atoms with Crippen molar-refractivity contribution in [3.05, 3.63) is 27.9 Å². The summed E-state index contributed by atoms with van der Waals surface area (Å²) in [6.45, 7) is 6.86. The average Bonchev–Trinajstić information content (AvgIpc) is 2.47. The third-order valence-corrected chi connectivity index (χ3v) is 5.73. The van der Waals surface area contributed by atoms with Crippen molar-refractivity contribution < 1.29 is 13.2 Å². The molecule has 1 saturated heterocycles. The molecule has 1 aliphatic heterocycles. The normalized spacial score (nSPS) is 20.5. The summed E-state index contributed by atoms with van der Waals surface area (Å²) in [5.74, 6) is 0.365. The van der Waals surface area contributed by atoms with Crippen LogP contribution in [-0.4, -0.2) is 59.8 Å². The highest BCUT2D eigenvalue weighted by atomic mass is 32.2. The Balaban J connectivity index is 2.23. The van der Waals surface area contributed by atoms with Crippen LogP contribution in [-0.2, 0) is 14.9 Å². The summed E-state index contributed by atoms with van der Waals surface area (Å²) in [4.78, 5) is 18.4. The number of nitrogens with zero attached hydrogens (tertiary/aromatic N) is 3. The maximum atomic E-state index is 12.6. The summed E-state index contributed by atoms with van der Waals surface area (Å²) in [5.41, 5.74) is 0.306. The quantitative estimate of drug-likeness (QED) is 0.822. The van der Waals surface area contributed by atoms with Gasteiger partial charge in [-0.05, 0) is 6.92 Å². The summed E-state index contributed by atoms with van der Waals surface area (Å²) < 4.78 is 33.5. The Labute approximate surface area is 130 Å². The third kappa shape index (κ3) is 3.54. The number of H-pyrrole nitrogens is 1. The van der Waals surface area contributed by atoms with Gasteiger partial charge in [-0.15, -0.1) is 0 Å². The predicted molar refractivity (Wildman–Crippen MR) is 81.7 cm³/mol. The van der Waals surface area contributed by atoms with E-state index in [1.807, 2.05) is 0 Å². The van der Waals surface area contributed by atoms with E-state index in [-0.39, 0.29) is 18.7 Å². The Morgan fingerprint density at radius 1 is 1.45 bits per heavy atom. The molecule has 22 heavy (non-hydrogen) atoms. The molecule has 2 rings (SSSR count). The second-order valence-electron chi connectivity index (χ2n) is 5.08. The SMILES string of the molecule is CCN(CC)S(=O)(=O)N1CCO[C@@H](c2nc(C)cc(=O)[nH]2)C1. The van der Waals surface area contributed by atoms with E-state index in [1.165, 1.54) is 14.7 Å². The summed E-state index contributed by atoms with van der Waals surface area (Å²) in [5, 5.41) is 0. The lowest BCUT2D eigenvalue weighted by atomic mass is 10.3. The fourth-order valence-corrected chi connectivity index (χ4v) is 4.08. The highest BCUT2D eigenvalue weighted by Crippen LogP contribution is 2.22. The summed E-state index contributed by atoms with van der Waals surface area (Å²) in [7, 11) is -3.52. The monoisotopic (exact) mass is 330 g/mol. The maximum absolute atomic E-state index is 12.6. The van der Waals surface area contributed by atoms with E-state index in [4.69, 9.17) is 4.74 Å². The van der Waals surface area contributed by atoms with Gasteiger partial charge in [-0.2, -0.15) is 17.0 Å². The zero-order valence-electron chi connectivity index (χ0n) is 13.1. The number of morpholine rings is 1. The topological polar surface area (TPSA) is 95.6 Å². The van der Waals surface area contributed by atoms with E-state index in [2.05, 4.69) is 9.97 Å². The molecule has 1 fully saturated rings. The molecule has 1 aliphatic rings. The molecule has 0 aromatic carbocycles. The van der Waals surface area contributed by atoms with Gasteiger partial charge in [-0.3, -0.25) is 4.79 Å². The zero-order chi connectivity index (χ0) is 16.3. The molecule has 124 valence electrons. The van der Waals surface area contributed by atoms with Crippen molar-refractivity contribution in [3.63, 3.8) is 0 Å². The zero-order valence-corrected chi connectivity index (χ0v) is 13.9. The minimum atomic E-state index is -3.52. The lowest BCUT2D eigenvalue weighted by Gasteiger charge is -2.34. The van der Waals surface area contributed by atoms with Crippen molar-refractivity contribution in [2.75, 3.05) is 32.8 Å². The smallest absolute Gasteiger partial charge is 0.282 e. The number of ether oxygens (including phenoxy) is 1. The molecule has 1 aromatic rings. The van der Waals surface area contributed by atoms with Gasteiger partial charge in [0.25, 0.3) is 15.8 Å². The number of hydrogen-bond acceptors (Lipinski definition) is 5. The van der Waals surface area contributed by atoms with Crippen molar-refractivity contribution in [2.45, 2.75) is 26.9 Å². The predicted octanol–water partition coefficient (Wildman–Crippen LogP) is 0.0382. The van der Waals surface area contributed by atoms with E-state index in [9.17, 15) is 13.2 Å². The van der Waals surface area contributed by atoms with Crippen molar-refractivity contribution in [3.8, 4) is 0 Å². The first-order chi connectivity index (χ1) is 10.4. The largest absolute Gasteiger partial charge is 0.368 e. The average molecular weight is 330 g/mol. The maximum Gasteiger partial charge on any atom is 0.282 e. The number of nitrogens with one attached hydrogen (secondary N) is 1. The highest BCUT2D eigenvalue weighted by molar-refractivity contribution is 7.86. The highest BCUT2D eigenvalue weighted by Gasteiger charge is 2.34. The van der Waals surface area contributed by atoms with Crippen LogP contribution < -0.4 is 5.56 Å². The van der Waals surface area contributed by atoms with Crippen molar-refractivity contribution >= 4 is 10.2 Å². The molecule has 0 bridgehead atoms. The molecule has 8 nitrogen and oxygen atoms in total. The number of hydrogen-bond donors (Lipinski definition) is 1. The lowest BCUT2D eigenvalue weighted by Crippen LogP contribution is -2.49. The minimum Gasteiger partial charge on any atom is -0.368 e. The molecule has 0 spiro atoms. The van der Waals surface area contributed by atoms with Crippen molar-refractivity contribution in [1.29, 1.82) is 0 Å². The van der Waals surface area contributed by atoms with Crippen LogP contribution >= 0.6 is 0 Å². The van der Waals surface area contributed by atoms with Gasteiger partial charge in [0.1, 0.15) is 11.9 Å². The van der Waals surface area contributed by atoms with Crippen LogP contribution in [0.4, 0.5) is 0 Å². The molecule has 1 N–H and O–H groups in total. The minimum absolute atomic E-state index is 0.144. The summed E-state index contributed by atoms with van der Waals surface area (Å²) >= 11 is 0. The van der Waals surface area contributed by atoms with Crippen LogP contribution in [0.5, 0.6) is 0 Å². The second kappa shape index (κ2) is 6.86. The molecule has 0 unspecified atom stereocenters. The van der Waals surface area contributed by atoms with Gasteiger partial charge in [0.15, 0.2) is 0 Å². The van der Waals surface area contributed by atoms with Gasteiger partial charge < -0.3 is 9.72 Å². The molecular weight excluding hydrogens is 308 g/mol. The van der Waals surface area contributed by atoms with Crippen LogP contribution in [0.1, 0.15) is 31.5 Å². The third-order valence-electron chi connectivity index (χ3n) is 3.58. The first-order valence-corrected chi connectivity index (χ1v) is 8.72. The van der Waals surface area contributed by atoms with Crippen LogP contribution in [0.15, 0.2) is 10.9 Å². The molecule has 1 atom stereocenters. The molecule has 9 heteroatoms. The second-order valence-corrected chi connectivity index (χ2v) is 7.01. The van der Waals surface area contributed by atoms with E-state index < -0.39 is 16.3 Å². The molecule has 0 radical (unpaired) electrons. The Hall–Kier alpha value is -1.29. The number of aromatic nitrogens is 2. The molecule has 0 amide bonds. The van der Waals surface area contributed by atoms with Crippen molar-refractivity contribution in [2.24, 2.45) is 0 Å². The number of rotatable bonds is 5.